The van der Waals surface area contributed by atoms with Gasteiger partial charge in [-0.25, -0.2) is 4.98 Å². The Hall–Kier alpha value is -2.75. The summed E-state index contributed by atoms with van der Waals surface area (Å²) in [4.78, 5) is 19.5. The summed E-state index contributed by atoms with van der Waals surface area (Å²) >= 11 is 0. The average Bonchev–Trinajstić information content (AvgIpc) is 2.48. The first-order valence-corrected chi connectivity index (χ1v) is 6.22. The summed E-state index contributed by atoms with van der Waals surface area (Å²) in [6.07, 6.45) is 3.29. The van der Waals surface area contributed by atoms with Crippen LogP contribution in [0.25, 0.3) is 10.9 Å². The second kappa shape index (κ2) is 5.09. The number of ketones is 1. The highest BCUT2D eigenvalue weighted by Gasteiger charge is 2.05. The standard InChI is InChI=1S/C16H12N2O2/c1-11(19)14-8-7-12(10-18-14)20-16-6-2-5-15-13(16)4-3-9-17-15/h2-10H,1H3. The van der Waals surface area contributed by atoms with E-state index in [1.165, 1.54) is 6.92 Å². The molecule has 4 heteroatoms. The molecule has 0 atom stereocenters. The summed E-state index contributed by atoms with van der Waals surface area (Å²) in [7, 11) is 0. The van der Waals surface area contributed by atoms with E-state index in [2.05, 4.69) is 9.97 Å². The van der Waals surface area contributed by atoms with Crippen molar-refractivity contribution in [2.24, 2.45) is 0 Å². The van der Waals surface area contributed by atoms with Crippen molar-refractivity contribution in [1.29, 1.82) is 0 Å². The van der Waals surface area contributed by atoms with Crippen LogP contribution in [0, 0.1) is 0 Å². The molecule has 3 aromatic rings. The average molecular weight is 264 g/mol. The zero-order valence-corrected chi connectivity index (χ0v) is 10.9. The van der Waals surface area contributed by atoms with Gasteiger partial charge in [-0.05, 0) is 36.4 Å². The van der Waals surface area contributed by atoms with Crippen molar-refractivity contribution in [2.75, 3.05) is 0 Å². The number of rotatable bonds is 3. The van der Waals surface area contributed by atoms with E-state index in [1.807, 2.05) is 30.3 Å². The summed E-state index contributed by atoms with van der Waals surface area (Å²) in [5.41, 5.74) is 1.30. The number of ether oxygens (including phenoxy) is 1. The van der Waals surface area contributed by atoms with Gasteiger partial charge in [0.15, 0.2) is 5.78 Å². The van der Waals surface area contributed by atoms with Crippen molar-refractivity contribution in [3.8, 4) is 11.5 Å². The van der Waals surface area contributed by atoms with Gasteiger partial charge in [-0.15, -0.1) is 0 Å². The summed E-state index contributed by atoms with van der Waals surface area (Å²) in [5.74, 6) is 1.24. The third-order valence-electron chi connectivity index (χ3n) is 2.93. The quantitative estimate of drug-likeness (QED) is 0.678. The Balaban J connectivity index is 1.95. The smallest absolute Gasteiger partial charge is 0.178 e. The maximum atomic E-state index is 11.2. The van der Waals surface area contributed by atoms with E-state index >= 15 is 0 Å². The lowest BCUT2D eigenvalue weighted by Crippen LogP contribution is -1.96. The van der Waals surface area contributed by atoms with E-state index in [0.717, 1.165) is 10.9 Å². The Labute approximate surface area is 116 Å². The van der Waals surface area contributed by atoms with Crippen LogP contribution < -0.4 is 4.74 Å². The minimum absolute atomic E-state index is 0.0640. The van der Waals surface area contributed by atoms with Gasteiger partial charge < -0.3 is 4.74 Å². The minimum atomic E-state index is -0.0640. The fourth-order valence-corrected chi connectivity index (χ4v) is 1.94. The van der Waals surface area contributed by atoms with E-state index in [-0.39, 0.29) is 5.78 Å². The van der Waals surface area contributed by atoms with Crippen molar-refractivity contribution in [2.45, 2.75) is 6.92 Å². The number of carbonyl (C=O) groups excluding carboxylic acids is 1. The van der Waals surface area contributed by atoms with Crippen LogP contribution in [0.15, 0.2) is 54.9 Å². The maximum absolute atomic E-state index is 11.2. The number of carbonyl (C=O) groups is 1. The summed E-state index contributed by atoms with van der Waals surface area (Å²) in [6.45, 7) is 1.49. The molecule has 0 spiro atoms. The van der Waals surface area contributed by atoms with Gasteiger partial charge in [0.2, 0.25) is 0 Å². The highest BCUT2D eigenvalue weighted by Crippen LogP contribution is 2.28. The van der Waals surface area contributed by atoms with E-state index in [0.29, 0.717) is 17.2 Å². The topological polar surface area (TPSA) is 52.1 Å². The predicted molar refractivity (Wildman–Crippen MR) is 76.1 cm³/mol. The van der Waals surface area contributed by atoms with Crippen LogP contribution >= 0.6 is 0 Å². The van der Waals surface area contributed by atoms with E-state index < -0.39 is 0 Å². The third-order valence-corrected chi connectivity index (χ3v) is 2.93. The number of hydrogen-bond acceptors (Lipinski definition) is 4. The highest BCUT2D eigenvalue weighted by molar-refractivity contribution is 5.92. The van der Waals surface area contributed by atoms with Crippen LogP contribution in [0.3, 0.4) is 0 Å². The molecule has 20 heavy (non-hydrogen) atoms. The van der Waals surface area contributed by atoms with Gasteiger partial charge in [-0.3, -0.25) is 9.78 Å². The maximum Gasteiger partial charge on any atom is 0.178 e. The van der Waals surface area contributed by atoms with E-state index in [1.54, 1.807) is 24.5 Å². The molecule has 0 N–H and O–H groups in total. The summed E-state index contributed by atoms with van der Waals surface area (Å²) in [6, 6.07) is 12.9. The Morgan fingerprint density at radius 2 is 1.95 bits per heavy atom. The highest BCUT2D eigenvalue weighted by atomic mass is 16.5. The van der Waals surface area contributed by atoms with E-state index in [9.17, 15) is 4.79 Å². The van der Waals surface area contributed by atoms with E-state index in [4.69, 9.17) is 4.74 Å². The minimum Gasteiger partial charge on any atom is -0.455 e. The first-order valence-electron chi connectivity index (χ1n) is 6.22. The van der Waals surface area contributed by atoms with Gasteiger partial charge in [0.25, 0.3) is 0 Å². The van der Waals surface area contributed by atoms with Crippen molar-refractivity contribution < 1.29 is 9.53 Å². The molecule has 2 aromatic heterocycles. The molecule has 0 amide bonds. The normalized spacial score (nSPS) is 10.4. The second-order valence-corrected chi connectivity index (χ2v) is 4.36. The lowest BCUT2D eigenvalue weighted by molar-refractivity contribution is 0.101. The molecule has 0 unspecified atom stereocenters. The van der Waals surface area contributed by atoms with Crippen molar-refractivity contribution in [1.82, 2.24) is 9.97 Å². The Morgan fingerprint density at radius 3 is 2.70 bits per heavy atom. The third kappa shape index (κ3) is 2.36. The predicted octanol–water partition coefficient (Wildman–Crippen LogP) is 3.62. The lowest BCUT2D eigenvalue weighted by Gasteiger charge is -2.08. The molecule has 0 bridgehead atoms. The van der Waals surface area contributed by atoms with Crippen LogP contribution in [0.5, 0.6) is 11.5 Å². The number of pyridine rings is 2. The number of Topliss-reactive ketones (excluding diaryl/α,β-unsaturated/α-hetero) is 1. The number of hydrogen-bond donors (Lipinski definition) is 0. The molecule has 0 aliphatic heterocycles. The Bertz CT molecular complexity index is 762. The van der Waals surface area contributed by atoms with Gasteiger partial charge in [0.05, 0.1) is 11.7 Å². The van der Waals surface area contributed by atoms with Gasteiger partial charge in [-0.2, -0.15) is 0 Å². The molecular formula is C16H12N2O2. The van der Waals surface area contributed by atoms with Crippen molar-refractivity contribution in [3.05, 3.63) is 60.6 Å². The molecule has 1 aromatic carbocycles. The van der Waals surface area contributed by atoms with Gasteiger partial charge in [0, 0.05) is 18.5 Å². The molecule has 4 nitrogen and oxygen atoms in total. The molecule has 0 fully saturated rings. The zero-order chi connectivity index (χ0) is 13.9. The number of benzene rings is 1. The molecule has 3 rings (SSSR count). The summed E-state index contributed by atoms with van der Waals surface area (Å²) < 4.78 is 5.81. The molecule has 0 aliphatic rings. The first-order chi connectivity index (χ1) is 9.74. The number of aromatic nitrogens is 2. The molecular weight excluding hydrogens is 252 g/mol. The van der Waals surface area contributed by atoms with Crippen LogP contribution in [-0.2, 0) is 0 Å². The SMILES string of the molecule is CC(=O)c1ccc(Oc2cccc3ncccc23)cn1. The molecule has 2 heterocycles. The number of nitrogens with zero attached hydrogens (tertiary/aromatic N) is 2. The van der Waals surface area contributed by atoms with Crippen LogP contribution in [0.2, 0.25) is 0 Å². The van der Waals surface area contributed by atoms with Gasteiger partial charge in [0.1, 0.15) is 17.2 Å². The fraction of sp³-hybridized carbons (Fsp3) is 0.0625. The monoisotopic (exact) mass is 264 g/mol. The molecule has 98 valence electrons. The van der Waals surface area contributed by atoms with Crippen molar-refractivity contribution >= 4 is 16.7 Å². The number of fused-ring (bicyclic) bond motifs is 1. The molecule has 0 saturated carbocycles. The summed E-state index contributed by atoms with van der Waals surface area (Å²) in [5, 5.41) is 0.936. The van der Waals surface area contributed by atoms with Crippen LogP contribution in [0.4, 0.5) is 0 Å². The zero-order valence-electron chi connectivity index (χ0n) is 10.9. The van der Waals surface area contributed by atoms with Crippen molar-refractivity contribution in [3.63, 3.8) is 0 Å². The second-order valence-electron chi connectivity index (χ2n) is 4.36. The molecule has 0 radical (unpaired) electrons. The van der Waals surface area contributed by atoms with Crippen LogP contribution in [0.1, 0.15) is 17.4 Å². The van der Waals surface area contributed by atoms with Gasteiger partial charge >= 0.3 is 0 Å². The Morgan fingerprint density at radius 1 is 1.05 bits per heavy atom. The molecule has 0 aliphatic carbocycles. The largest absolute Gasteiger partial charge is 0.455 e. The lowest BCUT2D eigenvalue weighted by atomic mass is 10.2. The first kappa shape index (κ1) is 12.3. The Kier molecular flexibility index (Phi) is 3.13. The van der Waals surface area contributed by atoms with Gasteiger partial charge in [-0.1, -0.05) is 6.07 Å². The fourth-order valence-electron chi connectivity index (χ4n) is 1.94. The van der Waals surface area contributed by atoms with Crippen LogP contribution in [-0.4, -0.2) is 15.8 Å². The molecule has 0 saturated heterocycles.